The Morgan fingerprint density at radius 1 is 0.300 bits per heavy atom. The van der Waals surface area contributed by atoms with Crippen molar-refractivity contribution in [2.75, 3.05) is 9.80 Å². The van der Waals surface area contributed by atoms with Gasteiger partial charge in [-0.3, -0.25) is 0 Å². The van der Waals surface area contributed by atoms with Crippen molar-refractivity contribution in [3.63, 3.8) is 0 Å². The van der Waals surface area contributed by atoms with Crippen LogP contribution in [0.5, 0.6) is 0 Å². The molecule has 0 radical (unpaired) electrons. The van der Waals surface area contributed by atoms with Gasteiger partial charge in [-0.25, -0.2) is 0 Å². The predicted molar refractivity (Wildman–Crippen MR) is 254 cm³/mol. The lowest BCUT2D eigenvalue weighted by Gasteiger charge is -2.26. The van der Waals surface area contributed by atoms with Gasteiger partial charge in [0.1, 0.15) is 22.3 Å². The van der Waals surface area contributed by atoms with Crippen molar-refractivity contribution in [1.29, 1.82) is 0 Å². The molecule has 0 N–H and O–H groups in total. The Morgan fingerprint density at radius 2 is 0.667 bits per heavy atom. The molecule has 11 aromatic rings. The first-order chi connectivity index (χ1) is 29.3. The zero-order valence-corrected chi connectivity index (χ0v) is 34.2. The molecule has 9 aromatic carbocycles. The molecule has 0 saturated carbocycles. The van der Waals surface area contributed by atoms with Gasteiger partial charge in [-0.2, -0.15) is 0 Å². The average molecular weight is 777 g/mol. The lowest BCUT2D eigenvalue weighted by atomic mass is 10.0. The molecule has 4 nitrogen and oxygen atoms in total. The van der Waals surface area contributed by atoms with E-state index in [1.54, 1.807) is 0 Å². The van der Waals surface area contributed by atoms with Gasteiger partial charge in [0, 0.05) is 55.7 Å². The number of hydrogen-bond donors (Lipinski definition) is 0. The van der Waals surface area contributed by atoms with Crippen molar-refractivity contribution < 1.29 is 8.83 Å². The van der Waals surface area contributed by atoms with Gasteiger partial charge >= 0.3 is 0 Å². The summed E-state index contributed by atoms with van der Waals surface area (Å²) in [7, 11) is 0. The van der Waals surface area contributed by atoms with Gasteiger partial charge in [-0.1, -0.05) is 100 Å². The third-order valence-corrected chi connectivity index (χ3v) is 12.1. The minimum absolute atomic E-state index is 0.434. The highest BCUT2D eigenvalue weighted by Crippen LogP contribution is 2.43. The molecule has 0 aliphatic rings. The summed E-state index contributed by atoms with van der Waals surface area (Å²) in [5.74, 6) is 0.868. The van der Waals surface area contributed by atoms with Gasteiger partial charge in [0.25, 0.3) is 0 Å². The highest BCUT2D eigenvalue weighted by atomic mass is 16.3. The SMILES string of the molecule is CC(C)c1cccc(N(c2ccccc2)c2ccc3cc4c(cc3c2)oc2cc3c(cc24)oc2cc4cc(N(c5ccccc5)c5cccc(C(C)C)c5)ccc4cc23)c1. The summed E-state index contributed by atoms with van der Waals surface area (Å²) in [5.41, 5.74) is 12.8. The average Bonchev–Trinajstić information content (AvgIpc) is 3.80. The Labute approximate surface area is 349 Å². The molecule has 0 bridgehead atoms. The molecule has 0 aliphatic carbocycles. The topological polar surface area (TPSA) is 32.8 Å². The van der Waals surface area contributed by atoms with Gasteiger partial charge in [0.15, 0.2) is 0 Å². The minimum Gasteiger partial charge on any atom is -0.456 e. The van der Waals surface area contributed by atoms with Crippen LogP contribution in [0.2, 0.25) is 0 Å². The monoisotopic (exact) mass is 776 g/mol. The van der Waals surface area contributed by atoms with Crippen LogP contribution in [0.4, 0.5) is 34.1 Å². The summed E-state index contributed by atoms with van der Waals surface area (Å²) in [6, 6.07) is 65.6. The van der Waals surface area contributed by atoms with E-state index < -0.39 is 0 Å². The van der Waals surface area contributed by atoms with E-state index in [0.29, 0.717) is 11.8 Å². The maximum atomic E-state index is 6.67. The molecule has 0 fully saturated rings. The maximum absolute atomic E-state index is 6.67. The normalized spacial score (nSPS) is 12.0. The number of hydrogen-bond acceptors (Lipinski definition) is 4. The van der Waals surface area contributed by atoms with Crippen LogP contribution in [0.25, 0.3) is 65.4 Å². The van der Waals surface area contributed by atoms with Crippen molar-refractivity contribution in [3.8, 4) is 0 Å². The smallest absolute Gasteiger partial charge is 0.136 e. The quantitative estimate of drug-likeness (QED) is 0.154. The molecule has 0 amide bonds. The second-order valence-electron chi connectivity index (χ2n) is 16.6. The van der Waals surface area contributed by atoms with E-state index in [2.05, 4.69) is 219 Å². The molecule has 0 unspecified atom stereocenters. The number of benzene rings is 9. The standard InChI is InChI=1S/C56H44N2O2/c1-35(2)37-13-11-19-45(25-37)57(43-15-7-5-8-16-43)47-23-21-39-29-49-51-33-56-52(34-55(51)59-53(49)31-41(39)27-47)50-30-40-22-24-48(28-42(40)32-54(50)60-56)58(44-17-9-6-10-18-44)46-20-12-14-38(26-46)36(3)4/h5-36H,1-4H3. The molecular formula is C56H44N2O2. The predicted octanol–water partition coefficient (Wildman–Crippen LogP) is 17.0. The Balaban J connectivity index is 0.995. The van der Waals surface area contributed by atoms with E-state index >= 15 is 0 Å². The van der Waals surface area contributed by atoms with Crippen LogP contribution in [0.3, 0.4) is 0 Å². The van der Waals surface area contributed by atoms with Crippen molar-refractivity contribution >= 4 is 99.5 Å². The Morgan fingerprint density at radius 3 is 1.08 bits per heavy atom. The van der Waals surface area contributed by atoms with E-state index in [4.69, 9.17) is 8.83 Å². The van der Waals surface area contributed by atoms with Gasteiger partial charge in [-0.15, -0.1) is 0 Å². The van der Waals surface area contributed by atoms with Gasteiger partial charge in [-0.05, 0) is 154 Å². The molecule has 0 spiro atoms. The van der Waals surface area contributed by atoms with Crippen LogP contribution < -0.4 is 9.80 Å². The number of furan rings is 2. The molecule has 60 heavy (non-hydrogen) atoms. The molecule has 0 saturated heterocycles. The molecule has 4 heteroatoms. The van der Waals surface area contributed by atoms with Crippen LogP contribution in [0.15, 0.2) is 191 Å². The Kier molecular flexibility index (Phi) is 8.49. The summed E-state index contributed by atoms with van der Waals surface area (Å²) in [6.45, 7) is 8.97. The summed E-state index contributed by atoms with van der Waals surface area (Å²) in [5, 5.41) is 8.82. The number of nitrogens with zero attached hydrogens (tertiary/aromatic N) is 2. The van der Waals surface area contributed by atoms with Crippen LogP contribution >= 0.6 is 0 Å². The van der Waals surface area contributed by atoms with Crippen LogP contribution in [-0.2, 0) is 0 Å². The zero-order chi connectivity index (χ0) is 40.5. The fourth-order valence-electron chi connectivity index (χ4n) is 8.88. The maximum Gasteiger partial charge on any atom is 0.136 e. The molecule has 2 heterocycles. The number of anilines is 6. The van der Waals surface area contributed by atoms with Gasteiger partial charge in [0.2, 0.25) is 0 Å². The van der Waals surface area contributed by atoms with E-state index in [1.165, 1.54) is 11.1 Å². The lowest BCUT2D eigenvalue weighted by Crippen LogP contribution is -2.10. The fraction of sp³-hybridized carbons (Fsp3) is 0.107. The summed E-state index contributed by atoms with van der Waals surface area (Å²) >= 11 is 0. The van der Waals surface area contributed by atoms with Crippen LogP contribution in [-0.4, -0.2) is 0 Å². The van der Waals surface area contributed by atoms with Crippen molar-refractivity contribution in [2.24, 2.45) is 0 Å². The van der Waals surface area contributed by atoms with E-state index in [0.717, 1.165) is 99.5 Å². The first kappa shape index (κ1) is 35.8. The zero-order valence-electron chi connectivity index (χ0n) is 34.2. The lowest BCUT2D eigenvalue weighted by molar-refractivity contribution is 0.664. The third kappa shape index (κ3) is 6.15. The Hall–Kier alpha value is -7.30. The largest absolute Gasteiger partial charge is 0.456 e. The minimum atomic E-state index is 0.434. The molecule has 290 valence electrons. The van der Waals surface area contributed by atoms with Gasteiger partial charge < -0.3 is 18.6 Å². The first-order valence-electron chi connectivity index (χ1n) is 20.9. The summed E-state index contributed by atoms with van der Waals surface area (Å²) < 4.78 is 13.3. The fourth-order valence-corrected chi connectivity index (χ4v) is 8.88. The van der Waals surface area contributed by atoms with Crippen molar-refractivity contribution in [3.05, 3.63) is 193 Å². The second-order valence-corrected chi connectivity index (χ2v) is 16.6. The molecule has 11 rings (SSSR count). The van der Waals surface area contributed by atoms with Crippen LogP contribution in [0.1, 0.15) is 50.7 Å². The second kappa shape index (κ2) is 14.2. The summed E-state index contributed by atoms with van der Waals surface area (Å²) in [6.07, 6.45) is 0. The van der Waals surface area contributed by atoms with Crippen molar-refractivity contribution in [2.45, 2.75) is 39.5 Å². The Bertz CT molecular complexity index is 3170. The highest BCUT2D eigenvalue weighted by Gasteiger charge is 2.19. The number of fused-ring (bicyclic) bond motifs is 8. The van der Waals surface area contributed by atoms with Crippen molar-refractivity contribution in [1.82, 2.24) is 0 Å². The number of para-hydroxylation sites is 2. The molecule has 0 atom stereocenters. The van der Waals surface area contributed by atoms with E-state index in [9.17, 15) is 0 Å². The van der Waals surface area contributed by atoms with E-state index in [-0.39, 0.29) is 0 Å². The summed E-state index contributed by atoms with van der Waals surface area (Å²) in [4.78, 5) is 4.67. The first-order valence-corrected chi connectivity index (χ1v) is 20.9. The van der Waals surface area contributed by atoms with E-state index in [1.807, 2.05) is 0 Å². The molecule has 0 aliphatic heterocycles. The molecule has 2 aromatic heterocycles. The molecular weight excluding hydrogens is 733 g/mol. The van der Waals surface area contributed by atoms with Gasteiger partial charge in [0.05, 0.1) is 0 Å². The highest BCUT2D eigenvalue weighted by molar-refractivity contribution is 6.18. The number of rotatable bonds is 8. The van der Waals surface area contributed by atoms with Crippen LogP contribution in [0, 0.1) is 0 Å². The third-order valence-electron chi connectivity index (χ3n) is 12.1.